The molecule has 0 unspecified atom stereocenters. The van der Waals surface area contributed by atoms with Crippen LogP contribution in [0.5, 0.6) is 5.75 Å². The van der Waals surface area contributed by atoms with Gasteiger partial charge in [-0.1, -0.05) is 35.9 Å². The molecule has 0 saturated heterocycles. The molecule has 0 bridgehead atoms. The van der Waals surface area contributed by atoms with Crippen LogP contribution in [0.3, 0.4) is 0 Å². The van der Waals surface area contributed by atoms with Crippen molar-refractivity contribution in [2.75, 3.05) is 13.2 Å². The number of hydrogen-bond donors (Lipinski definition) is 1. The van der Waals surface area contributed by atoms with Crippen LogP contribution in [0.25, 0.3) is 0 Å². The van der Waals surface area contributed by atoms with Gasteiger partial charge in [-0.15, -0.1) is 0 Å². The van der Waals surface area contributed by atoms with Crippen LogP contribution in [0.1, 0.15) is 11.1 Å². The van der Waals surface area contributed by atoms with E-state index in [0.717, 1.165) is 11.3 Å². The summed E-state index contributed by atoms with van der Waals surface area (Å²) in [6.07, 6.45) is -0.0205. The maximum absolute atomic E-state index is 13.6. The van der Waals surface area contributed by atoms with Crippen LogP contribution < -0.4 is 10.1 Å². The molecule has 0 radical (unpaired) electrons. The van der Waals surface area contributed by atoms with Crippen molar-refractivity contribution in [2.24, 2.45) is 0 Å². The van der Waals surface area contributed by atoms with E-state index in [4.69, 9.17) is 16.3 Å². The molecule has 2 aromatic rings. The first kappa shape index (κ1) is 16.3. The van der Waals surface area contributed by atoms with Crippen molar-refractivity contribution in [1.82, 2.24) is 5.32 Å². The van der Waals surface area contributed by atoms with Crippen molar-refractivity contribution in [1.29, 1.82) is 0 Å². The van der Waals surface area contributed by atoms with E-state index in [9.17, 15) is 9.18 Å². The van der Waals surface area contributed by atoms with Gasteiger partial charge in [0.2, 0.25) is 5.91 Å². The summed E-state index contributed by atoms with van der Waals surface area (Å²) in [7, 11) is 0. The molecule has 0 aliphatic heterocycles. The molecule has 22 heavy (non-hydrogen) atoms. The minimum atomic E-state index is -0.473. The van der Waals surface area contributed by atoms with Gasteiger partial charge >= 0.3 is 0 Å². The van der Waals surface area contributed by atoms with Crippen molar-refractivity contribution in [3.8, 4) is 5.75 Å². The second kappa shape index (κ2) is 7.80. The van der Waals surface area contributed by atoms with Gasteiger partial charge in [0.1, 0.15) is 18.2 Å². The Morgan fingerprint density at radius 3 is 2.77 bits per heavy atom. The molecule has 0 aliphatic carbocycles. The normalized spacial score (nSPS) is 10.3. The topological polar surface area (TPSA) is 38.3 Å². The number of ether oxygens (including phenoxy) is 1. The number of carbonyl (C=O) groups is 1. The number of amides is 1. The number of para-hydroxylation sites is 1. The molecule has 0 saturated carbocycles. The van der Waals surface area contributed by atoms with Gasteiger partial charge < -0.3 is 10.1 Å². The number of carbonyl (C=O) groups excluding carboxylic acids is 1. The summed E-state index contributed by atoms with van der Waals surface area (Å²) >= 11 is 5.67. The molecular weight excluding hydrogens is 305 g/mol. The van der Waals surface area contributed by atoms with E-state index in [0.29, 0.717) is 23.7 Å². The third kappa shape index (κ3) is 4.74. The molecule has 0 aliphatic rings. The highest BCUT2D eigenvalue weighted by Crippen LogP contribution is 2.16. The Balaban J connectivity index is 1.75. The number of halogens is 2. The first-order valence-corrected chi connectivity index (χ1v) is 7.33. The third-order valence-corrected chi connectivity index (χ3v) is 3.38. The highest BCUT2D eigenvalue weighted by Gasteiger charge is 2.08. The van der Waals surface area contributed by atoms with Gasteiger partial charge in [0.25, 0.3) is 0 Å². The van der Waals surface area contributed by atoms with Gasteiger partial charge in [0, 0.05) is 5.02 Å². The van der Waals surface area contributed by atoms with E-state index in [1.54, 1.807) is 6.07 Å². The molecule has 0 atom stereocenters. The van der Waals surface area contributed by atoms with Crippen molar-refractivity contribution in [3.63, 3.8) is 0 Å². The molecule has 2 rings (SSSR count). The molecule has 0 heterocycles. The van der Waals surface area contributed by atoms with E-state index >= 15 is 0 Å². The SMILES string of the molecule is Cc1ccccc1OCCNC(=O)Cc1ccc(Cl)cc1F. The van der Waals surface area contributed by atoms with E-state index in [2.05, 4.69) is 5.32 Å². The highest BCUT2D eigenvalue weighted by molar-refractivity contribution is 6.30. The molecule has 3 nitrogen and oxygen atoms in total. The predicted octanol–water partition coefficient (Wildman–Crippen LogP) is 3.53. The molecule has 0 aromatic heterocycles. The molecule has 5 heteroatoms. The smallest absolute Gasteiger partial charge is 0.224 e. The third-order valence-electron chi connectivity index (χ3n) is 3.14. The average Bonchev–Trinajstić information content (AvgIpc) is 2.48. The first-order chi connectivity index (χ1) is 10.6. The number of rotatable bonds is 6. The number of nitrogens with one attached hydrogen (secondary N) is 1. The average molecular weight is 322 g/mol. The van der Waals surface area contributed by atoms with E-state index in [-0.39, 0.29) is 12.3 Å². The van der Waals surface area contributed by atoms with Crippen molar-refractivity contribution >= 4 is 17.5 Å². The number of hydrogen-bond acceptors (Lipinski definition) is 2. The summed E-state index contributed by atoms with van der Waals surface area (Å²) in [5, 5.41) is 3.01. The standard InChI is InChI=1S/C17H17ClFNO2/c1-12-4-2-3-5-16(12)22-9-8-20-17(21)10-13-6-7-14(18)11-15(13)19/h2-7,11H,8-10H2,1H3,(H,20,21). The summed E-state index contributed by atoms with van der Waals surface area (Å²) < 4.78 is 19.1. The van der Waals surface area contributed by atoms with Gasteiger partial charge in [-0.2, -0.15) is 0 Å². The summed E-state index contributed by atoms with van der Waals surface area (Å²) in [5.74, 6) is 0.0638. The van der Waals surface area contributed by atoms with Crippen LogP contribution in [-0.2, 0) is 11.2 Å². The van der Waals surface area contributed by atoms with Gasteiger partial charge in [-0.05, 0) is 36.2 Å². The Morgan fingerprint density at radius 2 is 2.05 bits per heavy atom. The minimum Gasteiger partial charge on any atom is -0.491 e. The van der Waals surface area contributed by atoms with Crippen LogP contribution in [-0.4, -0.2) is 19.1 Å². The van der Waals surface area contributed by atoms with Crippen LogP contribution in [0.4, 0.5) is 4.39 Å². The summed E-state index contributed by atoms with van der Waals surface area (Å²) in [4.78, 5) is 11.8. The maximum atomic E-state index is 13.6. The molecule has 116 valence electrons. The fraction of sp³-hybridized carbons (Fsp3) is 0.235. The number of benzene rings is 2. The van der Waals surface area contributed by atoms with Gasteiger partial charge in [0.15, 0.2) is 0 Å². The summed E-state index contributed by atoms with van der Waals surface area (Å²) in [6, 6.07) is 11.9. The zero-order valence-electron chi connectivity index (χ0n) is 12.2. The van der Waals surface area contributed by atoms with Crippen LogP contribution >= 0.6 is 11.6 Å². The molecule has 1 N–H and O–H groups in total. The lowest BCUT2D eigenvalue weighted by Gasteiger charge is -2.10. The Bertz CT molecular complexity index is 661. The largest absolute Gasteiger partial charge is 0.491 e. The Labute approximate surface area is 134 Å². The Morgan fingerprint density at radius 1 is 1.27 bits per heavy atom. The van der Waals surface area contributed by atoms with Crippen molar-refractivity contribution in [2.45, 2.75) is 13.3 Å². The monoisotopic (exact) mass is 321 g/mol. The van der Waals surface area contributed by atoms with Crippen LogP contribution in [0.15, 0.2) is 42.5 Å². The van der Waals surface area contributed by atoms with E-state index in [1.165, 1.54) is 12.1 Å². The minimum absolute atomic E-state index is 0.0205. The van der Waals surface area contributed by atoms with Crippen molar-refractivity contribution in [3.05, 3.63) is 64.4 Å². The first-order valence-electron chi connectivity index (χ1n) is 6.95. The maximum Gasteiger partial charge on any atom is 0.224 e. The molecular formula is C17H17ClFNO2. The summed E-state index contributed by atoms with van der Waals surface area (Å²) in [5.41, 5.74) is 1.36. The van der Waals surface area contributed by atoms with Crippen molar-refractivity contribution < 1.29 is 13.9 Å². The second-order valence-electron chi connectivity index (χ2n) is 4.88. The molecule has 0 fully saturated rings. The fourth-order valence-electron chi connectivity index (χ4n) is 1.97. The van der Waals surface area contributed by atoms with Crippen LogP contribution in [0, 0.1) is 12.7 Å². The zero-order valence-corrected chi connectivity index (χ0v) is 13.0. The Kier molecular flexibility index (Phi) is 5.78. The van der Waals surface area contributed by atoms with Crippen LogP contribution in [0.2, 0.25) is 5.02 Å². The lowest BCUT2D eigenvalue weighted by atomic mass is 10.1. The predicted molar refractivity (Wildman–Crippen MR) is 84.8 cm³/mol. The fourth-order valence-corrected chi connectivity index (χ4v) is 2.13. The molecule has 1 amide bonds. The molecule has 0 spiro atoms. The van der Waals surface area contributed by atoms with E-state index in [1.807, 2.05) is 31.2 Å². The zero-order chi connectivity index (χ0) is 15.9. The van der Waals surface area contributed by atoms with Gasteiger partial charge in [0.05, 0.1) is 13.0 Å². The lowest BCUT2D eigenvalue weighted by molar-refractivity contribution is -0.120. The van der Waals surface area contributed by atoms with E-state index < -0.39 is 5.82 Å². The van der Waals surface area contributed by atoms with Gasteiger partial charge in [-0.3, -0.25) is 4.79 Å². The quantitative estimate of drug-likeness (QED) is 0.827. The summed E-state index contributed by atoms with van der Waals surface area (Å²) in [6.45, 7) is 2.68. The second-order valence-corrected chi connectivity index (χ2v) is 5.31. The van der Waals surface area contributed by atoms with Gasteiger partial charge in [-0.25, -0.2) is 4.39 Å². The highest BCUT2D eigenvalue weighted by atomic mass is 35.5. The Hall–Kier alpha value is -2.07. The molecule has 2 aromatic carbocycles. The lowest BCUT2D eigenvalue weighted by Crippen LogP contribution is -2.29. The number of aryl methyl sites for hydroxylation is 1.